The van der Waals surface area contributed by atoms with Gasteiger partial charge >= 0.3 is 6.18 Å². The van der Waals surface area contributed by atoms with E-state index in [4.69, 9.17) is 5.26 Å². The number of alkyl halides is 3. The molecule has 0 amide bonds. The standard InChI is InChI=1S/C8H6F3N3O/c9-8(10,11)2-4-15-7-6(5-12)1-3-13-14-7/h1,3H,2,4H2. The van der Waals surface area contributed by atoms with Gasteiger partial charge in [0, 0.05) is 0 Å². The van der Waals surface area contributed by atoms with Crippen molar-refractivity contribution in [1.82, 2.24) is 10.2 Å². The fourth-order valence-corrected chi connectivity index (χ4v) is 0.774. The van der Waals surface area contributed by atoms with Crippen LogP contribution in [0.15, 0.2) is 12.3 Å². The van der Waals surface area contributed by atoms with Crippen molar-refractivity contribution < 1.29 is 17.9 Å². The summed E-state index contributed by atoms with van der Waals surface area (Å²) in [6, 6.07) is 3.05. The summed E-state index contributed by atoms with van der Waals surface area (Å²) >= 11 is 0. The molecule has 0 atom stereocenters. The quantitative estimate of drug-likeness (QED) is 0.772. The molecule has 0 unspecified atom stereocenters. The molecule has 0 fully saturated rings. The molecule has 4 nitrogen and oxygen atoms in total. The van der Waals surface area contributed by atoms with Crippen molar-refractivity contribution in [2.75, 3.05) is 6.61 Å². The minimum atomic E-state index is -4.28. The molecule has 0 spiro atoms. The van der Waals surface area contributed by atoms with Gasteiger partial charge in [0.15, 0.2) is 0 Å². The average molecular weight is 217 g/mol. The fraction of sp³-hybridized carbons (Fsp3) is 0.375. The Morgan fingerprint density at radius 1 is 1.47 bits per heavy atom. The van der Waals surface area contributed by atoms with Crippen LogP contribution in [0.5, 0.6) is 5.88 Å². The Hall–Kier alpha value is -1.84. The highest BCUT2D eigenvalue weighted by Crippen LogP contribution is 2.20. The lowest BCUT2D eigenvalue weighted by Crippen LogP contribution is -2.14. The SMILES string of the molecule is N#Cc1ccnnc1OCCC(F)(F)F. The molecule has 1 aromatic heterocycles. The predicted octanol–water partition coefficient (Wildman–Crippen LogP) is 1.68. The number of hydrogen-bond acceptors (Lipinski definition) is 4. The molecule has 15 heavy (non-hydrogen) atoms. The maximum atomic E-state index is 11.8. The van der Waals surface area contributed by atoms with Crippen LogP contribution in [0.25, 0.3) is 0 Å². The third-order valence-corrected chi connectivity index (χ3v) is 1.43. The van der Waals surface area contributed by atoms with Crippen molar-refractivity contribution in [3.05, 3.63) is 17.8 Å². The van der Waals surface area contributed by atoms with Gasteiger partial charge in [0.25, 0.3) is 5.88 Å². The van der Waals surface area contributed by atoms with Crippen LogP contribution in [-0.2, 0) is 0 Å². The van der Waals surface area contributed by atoms with Gasteiger partial charge in [-0.2, -0.15) is 23.5 Å². The van der Waals surface area contributed by atoms with E-state index in [1.807, 2.05) is 0 Å². The molecule has 0 saturated heterocycles. The maximum absolute atomic E-state index is 11.8. The van der Waals surface area contributed by atoms with Crippen LogP contribution in [0.2, 0.25) is 0 Å². The number of halogens is 3. The number of hydrogen-bond donors (Lipinski definition) is 0. The first-order chi connectivity index (χ1) is 7.03. The second-order valence-electron chi connectivity index (χ2n) is 2.58. The molecule has 0 aliphatic carbocycles. The fourth-order valence-electron chi connectivity index (χ4n) is 0.774. The topological polar surface area (TPSA) is 58.8 Å². The van der Waals surface area contributed by atoms with E-state index in [2.05, 4.69) is 14.9 Å². The first-order valence-corrected chi connectivity index (χ1v) is 3.94. The summed E-state index contributed by atoms with van der Waals surface area (Å²) in [7, 11) is 0. The van der Waals surface area contributed by atoms with Crippen LogP contribution < -0.4 is 4.74 Å². The summed E-state index contributed by atoms with van der Waals surface area (Å²) < 4.78 is 40.0. The molecule has 0 aromatic carbocycles. The van der Waals surface area contributed by atoms with Gasteiger partial charge in [-0.25, -0.2) is 0 Å². The predicted molar refractivity (Wildman–Crippen MR) is 42.9 cm³/mol. The molecule has 1 heterocycles. The highest BCUT2D eigenvalue weighted by atomic mass is 19.4. The molecule has 1 aromatic rings. The Labute approximate surface area is 83.3 Å². The summed E-state index contributed by atoms with van der Waals surface area (Å²) in [5.74, 6) is -0.177. The van der Waals surface area contributed by atoms with Gasteiger partial charge in [-0.1, -0.05) is 0 Å². The van der Waals surface area contributed by atoms with Crippen LogP contribution in [0.1, 0.15) is 12.0 Å². The Kier molecular flexibility index (Phi) is 3.44. The lowest BCUT2D eigenvalue weighted by molar-refractivity contribution is -0.139. The van der Waals surface area contributed by atoms with E-state index in [-0.39, 0.29) is 11.4 Å². The molecule has 0 radical (unpaired) electrons. The van der Waals surface area contributed by atoms with Gasteiger partial charge in [-0.3, -0.25) is 0 Å². The van der Waals surface area contributed by atoms with Crippen molar-refractivity contribution >= 4 is 0 Å². The lowest BCUT2D eigenvalue weighted by atomic mass is 10.3. The second-order valence-corrected chi connectivity index (χ2v) is 2.58. The average Bonchev–Trinajstić information content (AvgIpc) is 2.16. The van der Waals surface area contributed by atoms with Crippen LogP contribution in [-0.4, -0.2) is 23.0 Å². The maximum Gasteiger partial charge on any atom is 0.392 e. The molecule has 0 aliphatic rings. The van der Waals surface area contributed by atoms with E-state index in [0.29, 0.717) is 0 Å². The van der Waals surface area contributed by atoms with Crippen LogP contribution >= 0.6 is 0 Å². The minimum absolute atomic E-state index is 0.0622. The Morgan fingerprint density at radius 2 is 2.20 bits per heavy atom. The van der Waals surface area contributed by atoms with Crippen molar-refractivity contribution in [3.8, 4) is 11.9 Å². The molecule has 0 saturated carbocycles. The summed E-state index contributed by atoms with van der Waals surface area (Å²) in [4.78, 5) is 0. The summed E-state index contributed by atoms with van der Waals surface area (Å²) in [5, 5.41) is 15.4. The van der Waals surface area contributed by atoms with Crippen LogP contribution in [0, 0.1) is 11.3 Å². The van der Waals surface area contributed by atoms with Crippen molar-refractivity contribution in [1.29, 1.82) is 5.26 Å². The van der Waals surface area contributed by atoms with E-state index in [1.54, 1.807) is 6.07 Å². The number of aromatic nitrogens is 2. The normalized spacial score (nSPS) is 10.8. The first kappa shape index (κ1) is 11.2. The van der Waals surface area contributed by atoms with E-state index < -0.39 is 19.2 Å². The molecule has 1 rings (SSSR count). The summed E-state index contributed by atoms with van der Waals surface area (Å²) in [6.07, 6.45) is -4.11. The highest BCUT2D eigenvalue weighted by molar-refractivity contribution is 5.35. The van der Waals surface area contributed by atoms with Crippen LogP contribution in [0.4, 0.5) is 13.2 Å². The molecule has 0 aliphatic heterocycles. The molecule has 0 N–H and O–H groups in total. The Balaban J connectivity index is 2.55. The Morgan fingerprint density at radius 3 is 2.80 bits per heavy atom. The second kappa shape index (κ2) is 4.59. The summed E-state index contributed by atoms with van der Waals surface area (Å²) in [6.45, 7) is -0.573. The van der Waals surface area contributed by atoms with Gasteiger partial charge in [0.1, 0.15) is 11.6 Å². The van der Waals surface area contributed by atoms with Gasteiger partial charge in [-0.15, -0.1) is 5.10 Å². The number of ether oxygens (including phenoxy) is 1. The molecule has 0 bridgehead atoms. The number of rotatable bonds is 3. The largest absolute Gasteiger partial charge is 0.475 e. The summed E-state index contributed by atoms with van der Waals surface area (Å²) in [5.41, 5.74) is 0.0622. The third-order valence-electron chi connectivity index (χ3n) is 1.43. The van der Waals surface area contributed by atoms with E-state index >= 15 is 0 Å². The van der Waals surface area contributed by atoms with Crippen LogP contribution in [0.3, 0.4) is 0 Å². The Bertz CT molecular complexity index is 372. The van der Waals surface area contributed by atoms with E-state index in [0.717, 1.165) is 0 Å². The molecule has 7 heteroatoms. The molecule has 80 valence electrons. The zero-order chi connectivity index (χ0) is 11.3. The monoisotopic (exact) mass is 217 g/mol. The van der Waals surface area contributed by atoms with Gasteiger partial charge in [0.2, 0.25) is 0 Å². The minimum Gasteiger partial charge on any atom is -0.475 e. The lowest BCUT2D eigenvalue weighted by Gasteiger charge is -2.07. The smallest absolute Gasteiger partial charge is 0.392 e. The molecular weight excluding hydrogens is 211 g/mol. The molecular formula is C8H6F3N3O. The van der Waals surface area contributed by atoms with E-state index in [1.165, 1.54) is 12.3 Å². The highest BCUT2D eigenvalue weighted by Gasteiger charge is 2.27. The van der Waals surface area contributed by atoms with Crippen molar-refractivity contribution in [2.45, 2.75) is 12.6 Å². The zero-order valence-electron chi connectivity index (χ0n) is 7.45. The van der Waals surface area contributed by atoms with Gasteiger partial charge < -0.3 is 4.74 Å². The number of nitrogens with zero attached hydrogens (tertiary/aromatic N) is 3. The van der Waals surface area contributed by atoms with Crippen molar-refractivity contribution in [2.24, 2.45) is 0 Å². The van der Waals surface area contributed by atoms with Gasteiger partial charge in [0.05, 0.1) is 19.2 Å². The number of nitriles is 1. The van der Waals surface area contributed by atoms with Gasteiger partial charge in [-0.05, 0) is 6.07 Å². The van der Waals surface area contributed by atoms with E-state index in [9.17, 15) is 13.2 Å². The third kappa shape index (κ3) is 3.81. The first-order valence-electron chi connectivity index (χ1n) is 3.94. The zero-order valence-corrected chi connectivity index (χ0v) is 7.45. The van der Waals surface area contributed by atoms with Crippen molar-refractivity contribution in [3.63, 3.8) is 0 Å².